The highest BCUT2D eigenvalue weighted by molar-refractivity contribution is 5.99. The van der Waals surface area contributed by atoms with Gasteiger partial charge in [-0.25, -0.2) is 4.99 Å². The number of hydrogen-bond donors (Lipinski definition) is 3. The van der Waals surface area contributed by atoms with Gasteiger partial charge in [0.1, 0.15) is 11.9 Å². The van der Waals surface area contributed by atoms with E-state index in [9.17, 15) is 9.59 Å². The topological polar surface area (TPSA) is 82.6 Å². The Morgan fingerprint density at radius 2 is 1.31 bits per heavy atom. The lowest BCUT2D eigenvalue weighted by atomic mass is 9.49. The van der Waals surface area contributed by atoms with Crippen LogP contribution in [0.2, 0.25) is 0 Å². The number of amides is 2. The molecule has 0 radical (unpaired) electrons. The Balaban J connectivity index is 0.977. The van der Waals surface area contributed by atoms with Gasteiger partial charge in [-0.15, -0.1) is 0 Å². The third-order valence-electron chi connectivity index (χ3n) is 10.2. The van der Waals surface area contributed by atoms with Crippen molar-refractivity contribution in [3.8, 4) is 0 Å². The molecule has 1 heterocycles. The number of aliphatic imine (C=N–C) groups is 1. The average molecular weight is 437 g/mol. The zero-order valence-corrected chi connectivity index (χ0v) is 18.9. The van der Waals surface area contributed by atoms with Crippen molar-refractivity contribution in [3.63, 3.8) is 0 Å². The fraction of sp³-hybridized carbons (Fsp3) is 0.808. The van der Waals surface area contributed by atoms with Gasteiger partial charge in [-0.05, 0) is 113 Å². The van der Waals surface area contributed by atoms with Crippen LogP contribution in [0, 0.1) is 40.9 Å². The normalized spacial score (nSPS) is 49.5. The maximum atomic E-state index is 13.3. The molecule has 9 rings (SSSR count). The molecule has 8 saturated carbocycles. The molecule has 8 bridgehead atoms. The van der Waals surface area contributed by atoms with Crippen LogP contribution in [0.3, 0.4) is 0 Å². The van der Waals surface area contributed by atoms with Gasteiger partial charge in [0.2, 0.25) is 11.8 Å². The van der Waals surface area contributed by atoms with Crippen molar-refractivity contribution < 1.29 is 9.59 Å². The lowest BCUT2D eigenvalue weighted by Crippen LogP contribution is -2.62. The quantitative estimate of drug-likeness (QED) is 0.633. The van der Waals surface area contributed by atoms with Crippen molar-refractivity contribution in [1.29, 1.82) is 0 Å². The van der Waals surface area contributed by atoms with E-state index in [2.05, 4.69) is 20.9 Å². The van der Waals surface area contributed by atoms with Crippen molar-refractivity contribution >= 4 is 18.0 Å². The molecule has 172 valence electrons. The Bertz CT molecular complexity index is 835. The van der Waals surface area contributed by atoms with Gasteiger partial charge in [0.15, 0.2) is 0 Å². The van der Waals surface area contributed by atoms with E-state index in [1.54, 1.807) is 12.4 Å². The molecule has 1 atom stereocenters. The minimum atomic E-state index is -0.455. The molecule has 8 aliphatic carbocycles. The second kappa shape index (κ2) is 6.83. The summed E-state index contributed by atoms with van der Waals surface area (Å²) >= 11 is 0. The zero-order chi connectivity index (χ0) is 21.5. The first-order valence-corrected chi connectivity index (χ1v) is 13.1. The van der Waals surface area contributed by atoms with E-state index in [0.29, 0.717) is 5.82 Å². The first-order valence-electron chi connectivity index (χ1n) is 13.1. The highest BCUT2D eigenvalue weighted by Crippen LogP contribution is 2.60. The molecule has 0 saturated heterocycles. The van der Waals surface area contributed by atoms with E-state index in [-0.39, 0.29) is 22.8 Å². The minimum Gasteiger partial charge on any atom is -0.372 e. The second-order valence-electron chi connectivity index (χ2n) is 12.8. The van der Waals surface area contributed by atoms with Gasteiger partial charge in [-0.2, -0.15) is 0 Å². The molecule has 0 aromatic carbocycles. The number of rotatable bonds is 4. The fourth-order valence-electron chi connectivity index (χ4n) is 9.86. The first-order chi connectivity index (χ1) is 15.5. The monoisotopic (exact) mass is 436 g/mol. The summed E-state index contributed by atoms with van der Waals surface area (Å²) < 4.78 is 0. The van der Waals surface area contributed by atoms with E-state index in [1.807, 2.05) is 0 Å². The van der Waals surface area contributed by atoms with Crippen molar-refractivity contribution in [2.45, 2.75) is 88.6 Å². The lowest BCUT2D eigenvalue weighted by molar-refractivity contribution is -0.145. The van der Waals surface area contributed by atoms with E-state index < -0.39 is 6.04 Å². The van der Waals surface area contributed by atoms with Crippen molar-refractivity contribution in [3.05, 3.63) is 12.0 Å². The van der Waals surface area contributed by atoms with Crippen LogP contribution in [-0.4, -0.2) is 29.6 Å². The Kier molecular flexibility index (Phi) is 4.18. The van der Waals surface area contributed by atoms with Gasteiger partial charge < -0.3 is 16.0 Å². The fourth-order valence-corrected chi connectivity index (χ4v) is 9.86. The van der Waals surface area contributed by atoms with Crippen LogP contribution < -0.4 is 16.0 Å². The summed E-state index contributed by atoms with van der Waals surface area (Å²) in [5.41, 5.74) is -0.171. The van der Waals surface area contributed by atoms with Crippen LogP contribution in [0.4, 0.5) is 0 Å². The summed E-state index contributed by atoms with van der Waals surface area (Å²) in [5.74, 6) is 5.37. The predicted molar refractivity (Wildman–Crippen MR) is 121 cm³/mol. The van der Waals surface area contributed by atoms with E-state index >= 15 is 0 Å². The highest BCUT2D eigenvalue weighted by atomic mass is 16.2. The van der Waals surface area contributed by atoms with Crippen LogP contribution in [0.25, 0.3) is 0 Å². The average Bonchev–Trinajstić information content (AvgIpc) is 2.72. The van der Waals surface area contributed by atoms with Gasteiger partial charge in [0, 0.05) is 18.0 Å². The van der Waals surface area contributed by atoms with Crippen LogP contribution in [0.1, 0.15) is 77.0 Å². The lowest BCUT2D eigenvalue weighted by Gasteiger charge is -2.57. The molecule has 2 amide bonds. The molecule has 0 aromatic rings. The smallest absolute Gasteiger partial charge is 0.248 e. The predicted octanol–water partition coefficient (Wildman–Crippen LogP) is 3.25. The highest BCUT2D eigenvalue weighted by Gasteiger charge is 2.55. The Hall–Kier alpha value is -1.85. The number of nitrogens with one attached hydrogen (secondary N) is 3. The van der Waals surface area contributed by atoms with Gasteiger partial charge in [0.25, 0.3) is 0 Å². The maximum Gasteiger partial charge on any atom is 0.248 e. The number of carbonyl (C=O) groups excluding carboxylic acids is 2. The molecule has 0 spiro atoms. The van der Waals surface area contributed by atoms with Crippen molar-refractivity contribution in [2.24, 2.45) is 45.9 Å². The van der Waals surface area contributed by atoms with Crippen LogP contribution in [-0.2, 0) is 9.59 Å². The van der Waals surface area contributed by atoms with Crippen LogP contribution >= 0.6 is 0 Å². The molecule has 0 aromatic heterocycles. The Morgan fingerprint density at radius 3 is 1.78 bits per heavy atom. The summed E-state index contributed by atoms with van der Waals surface area (Å²) in [6, 6.07) is -0.455. The molecular weight excluding hydrogens is 400 g/mol. The molecular formula is C26H36N4O2. The van der Waals surface area contributed by atoms with Gasteiger partial charge in [-0.3, -0.25) is 9.59 Å². The van der Waals surface area contributed by atoms with Gasteiger partial charge in [-0.1, -0.05) is 0 Å². The van der Waals surface area contributed by atoms with Gasteiger partial charge in [0.05, 0.1) is 5.41 Å². The number of hydrogen-bond acceptors (Lipinski definition) is 4. The molecule has 3 N–H and O–H groups in total. The molecule has 1 aliphatic heterocycles. The van der Waals surface area contributed by atoms with E-state index in [0.717, 1.165) is 74.0 Å². The van der Waals surface area contributed by atoms with Crippen molar-refractivity contribution in [1.82, 2.24) is 16.0 Å². The summed E-state index contributed by atoms with van der Waals surface area (Å²) in [6.07, 6.45) is 18.1. The Labute approximate surface area is 190 Å². The molecule has 8 fully saturated rings. The second-order valence-corrected chi connectivity index (χ2v) is 12.8. The summed E-state index contributed by atoms with van der Waals surface area (Å²) in [4.78, 5) is 30.8. The molecule has 6 heteroatoms. The van der Waals surface area contributed by atoms with Gasteiger partial charge >= 0.3 is 0 Å². The molecule has 1 unspecified atom stereocenters. The maximum absolute atomic E-state index is 13.3. The third kappa shape index (κ3) is 3.15. The van der Waals surface area contributed by atoms with Crippen molar-refractivity contribution in [2.75, 3.05) is 0 Å². The largest absolute Gasteiger partial charge is 0.372 e. The first kappa shape index (κ1) is 19.6. The SMILES string of the molecule is O=C(NC12CC3CC(CC(C3)C1)C2)C1C=NC(NC(=O)C23CC4CC(CC(C4)C2)C3)=CN1. The Morgan fingerprint density at radius 1 is 0.812 bits per heavy atom. The van der Waals surface area contributed by atoms with E-state index in [4.69, 9.17) is 0 Å². The molecule has 9 aliphatic rings. The standard InChI is InChI=1S/C26H36N4O2/c31-23(30-26-10-18-4-19(11-26)6-20(5-18)12-26)21-13-28-22(14-27-21)29-24(32)25-7-15-1-16(8-25)3-17(2-15)9-25/h13-21,27H,1-12H2,(H,29,32)(H,30,31). The number of carbonyl (C=O) groups is 2. The summed E-state index contributed by atoms with van der Waals surface area (Å²) in [5, 5.41) is 9.71. The summed E-state index contributed by atoms with van der Waals surface area (Å²) in [7, 11) is 0. The van der Waals surface area contributed by atoms with Crippen LogP contribution in [0.5, 0.6) is 0 Å². The number of nitrogens with zero attached hydrogens (tertiary/aromatic N) is 1. The van der Waals surface area contributed by atoms with Crippen LogP contribution in [0.15, 0.2) is 17.0 Å². The summed E-state index contributed by atoms with van der Waals surface area (Å²) in [6.45, 7) is 0. The van der Waals surface area contributed by atoms with E-state index in [1.165, 1.54) is 38.5 Å². The minimum absolute atomic E-state index is 0.0120. The third-order valence-corrected chi connectivity index (χ3v) is 10.2. The molecule has 6 nitrogen and oxygen atoms in total. The zero-order valence-electron chi connectivity index (χ0n) is 18.9. The molecule has 32 heavy (non-hydrogen) atoms.